The maximum atomic E-state index is 12.6. The normalized spacial score (nSPS) is 15.4. The Hall–Kier alpha value is -1.91. The highest BCUT2D eigenvalue weighted by Gasteiger charge is 2.17. The summed E-state index contributed by atoms with van der Waals surface area (Å²) in [7, 11) is -3.71. The smallest absolute Gasteiger partial charge is 0.240 e. The molecule has 2 aromatic carbocycles. The summed E-state index contributed by atoms with van der Waals surface area (Å²) < 4.78 is 27.8. The highest BCUT2D eigenvalue weighted by atomic mass is 35.5. The first-order valence-corrected chi connectivity index (χ1v) is 10.8. The van der Waals surface area contributed by atoms with Crippen molar-refractivity contribution in [3.63, 3.8) is 0 Å². The Labute approximate surface area is 165 Å². The summed E-state index contributed by atoms with van der Waals surface area (Å²) in [6, 6.07) is 14.0. The SMILES string of the molecule is N#Cc1ccc(S(=O)(=O)NCc2ccccc2CN2CCCCC2)cc1Cl. The third-order valence-corrected chi connectivity index (χ3v) is 6.50. The molecule has 0 amide bonds. The number of sulfonamides is 1. The van der Waals surface area contributed by atoms with Crippen molar-refractivity contribution >= 4 is 21.6 Å². The van der Waals surface area contributed by atoms with E-state index in [2.05, 4.69) is 15.7 Å². The van der Waals surface area contributed by atoms with Gasteiger partial charge in [0.2, 0.25) is 10.0 Å². The van der Waals surface area contributed by atoms with Crippen LogP contribution in [0.15, 0.2) is 47.4 Å². The van der Waals surface area contributed by atoms with Crippen molar-refractivity contribution in [2.24, 2.45) is 0 Å². The van der Waals surface area contributed by atoms with Crippen molar-refractivity contribution < 1.29 is 8.42 Å². The van der Waals surface area contributed by atoms with Gasteiger partial charge in [-0.15, -0.1) is 0 Å². The predicted octanol–water partition coefficient (Wildman–Crippen LogP) is 3.68. The highest BCUT2D eigenvalue weighted by molar-refractivity contribution is 7.89. The number of halogens is 1. The van der Waals surface area contributed by atoms with E-state index in [1.54, 1.807) is 0 Å². The lowest BCUT2D eigenvalue weighted by atomic mass is 10.1. The summed E-state index contributed by atoms with van der Waals surface area (Å²) in [5.41, 5.74) is 2.36. The quantitative estimate of drug-likeness (QED) is 0.798. The highest BCUT2D eigenvalue weighted by Crippen LogP contribution is 2.21. The van der Waals surface area contributed by atoms with Crippen LogP contribution in [0.3, 0.4) is 0 Å². The summed E-state index contributed by atoms with van der Waals surface area (Å²) in [6.07, 6.45) is 3.72. The Balaban J connectivity index is 1.72. The molecule has 0 aliphatic carbocycles. The van der Waals surface area contributed by atoms with Crippen molar-refractivity contribution in [2.45, 2.75) is 37.2 Å². The third-order valence-electron chi connectivity index (χ3n) is 4.78. The van der Waals surface area contributed by atoms with Gasteiger partial charge in [-0.1, -0.05) is 42.3 Å². The second kappa shape index (κ2) is 8.85. The third kappa shape index (κ3) is 5.08. The molecule has 5 nitrogen and oxygen atoms in total. The Bertz CT molecular complexity index is 948. The summed E-state index contributed by atoms with van der Waals surface area (Å²) >= 11 is 5.97. The Morgan fingerprint density at radius 3 is 2.44 bits per heavy atom. The van der Waals surface area contributed by atoms with E-state index in [9.17, 15) is 8.42 Å². The number of piperidine rings is 1. The van der Waals surface area contributed by atoms with Crippen molar-refractivity contribution in [1.29, 1.82) is 5.26 Å². The summed E-state index contributed by atoms with van der Waals surface area (Å²) in [5.74, 6) is 0. The molecule has 0 radical (unpaired) electrons. The van der Waals surface area contributed by atoms with Crippen LogP contribution in [0.25, 0.3) is 0 Å². The fourth-order valence-electron chi connectivity index (χ4n) is 3.25. The van der Waals surface area contributed by atoms with E-state index in [4.69, 9.17) is 16.9 Å². The fourth-order valence-corrected chi connectivity index (χ4v) is 4.57. The average molecular weight is 404 g/mol. The van der Waals surface area contributed by atoms with Gasteiger partial charge in [0.05, 0.1) is 15.5 Å². The first-order chi connectivity index (χ1) is 13.0. The van der Waals surface area contributed by atoms with Gasteiger partial charge in [0, 0.05) is 13.1 Å². The van der Waals surface area contributed by atoms with Gasteiger partial charge in [-0.05, 0) is 55.3 Å². The molecule has 1 saturated heterocycles. The largest absolute Gasteiger partial charge is 0.299 e. The lowest BCUT2D eigenvalue weighted by Crippen LogP contribution is -2.30. The number of nitriles is 1. The minimum Gasteiger partial charge on any atom is -0.299 e. The van der Waals surface area contributed by atoms with E-state index in [1.807, 2.05) is 24.3 Å². The number of rotatable bonds is 6. The molecule has 7 heteroatoms. The first-order valence-electron chi connectivity index (χ1n) is 8.98. The van der Waals surface area contributed by atoms with Gasteiger partial charge in [-0.3, -0.25) is 4.90 Å². The van der Waals surface area contributed by atoms with Gasteiger partial charge < -0.3 is 0 Å². The van der Waals surface area contributed by atoms with Crippen LogP contribution in [-0.4, -0.2) is 26.4 Å². The summed E-state index contributed by atoms with van der Waals surface area (Å²) in [5, 5.41) is 9.06. The molecule has 1 heterocycles. The van der Waals surface area contributed by atoms with Gasteiger partial charge >= 0.3 is 0 Å². The molecule has 27 heavy (non-hydrogen) atoms. The van der Waals surface area contributed by atoms with Crippen LogP contribution in [0.5, 0.6) is 0 Å². The van der Waals surface area contributed by atoms with Crippen LogP contribution < -0.4 is 4.72 Å². The number of nitrogens with one attached hydrogen (secondary N) is 1. The van der Waals surface area contributed by atoms with E-state index < -0.39 is 10.0 Å². The molecule has 0 saturated carbocycles. The maximum Gasteiger partial charge on any atom is 0.240 e. The molecule has 1 aliphatic rings. The van der Waals surface area contributed by atoms with Gasteiger partial charge in [0.15, 0.2) is 0 Å². The number of benzene rings is 2. The van der Waals surface area contributed by atoms with E-state index in [0.29, 0.717) is 0 Å². The second-order valence-electron chi connectivity index (χ2n) is 6.68. The zero-order chi connectivity index (χ0) is 19.3. The zero-order valence-corrected chi connectivity index (χ0v) is 16.6. The molecule has 142 valence electrons. The molecule has 0 spiro atoms. The van der Waals surface area contributed by atoms with Crippen molar-refractivity contribution in [3.05, 3.63) is 64.2 Å². The lowest BCUT2D eigenvalue weighted by Gasteiger charge is -2.27. The van der Waals surface area contributed by atoms with E-state index in [-0.39, 0.29) is 22.0 Å². The maximum absolute atomic E-state index is 12.6. The number of hydrogen-bond acceptors (Lipinski definition) is 4. The summed E-state index contributed by atoms with van der Waals surface area (Å²) in [6.45, 7) is 3.22. The van der Waals surface area contributed by atoms with Gasteiger partial charge in [-0.25, -0.2) is 13.1 Å². The van der Waals surface area contributed by atoms with Gasteiger partial charge in [-0.2, -0.15) is 5.26 Å². The van der Waals surface area contributed by atoms with Crippen LogP contribution in [-0.2, 0) is 23.1 Å². The molecule has 0 unspecified atom stereocenters. The molecule has 1 fully saturated rings. The Kier molecular flexibility index (Phi) is 6.51. The number of hydrogen-bond donors (Lipinski definition) is 1. The zero-order valence-electron chi connectivity index (χ0n) is 15.0. The van der Waals surface area contributed by atoms with Crippen LogP contribution in [0.4, 0.5) is 0 Å². The van der Waals surface area contributed by atoms with Crippen molar-refractivity contribution in [3.8, 4) is 6.07 Å². The second-order valence-corrected chi connectivity index (χ2v) is 8.86. The van der Waals surface area contributed by atoms with Crippen molar-refractivity contribution in [1.82, 2.24) is 9.62 Å². The molecule has 1 N–H and O–H groups in total. The molecule has 1 aliphatic heterocycles. The number of likely N-dealkylation sites (tertiary alicyclic amines) is 1. The minimum atomic E-state index is -3.71. The topological polar surface area (TPSA) is 73.2 Å². The molecule has 2 aromatic rings. The fraction of sp³-hybridized carbons (Fsp3) is 0.350. The van der Waals surface area contributed by atoms with Crippen LogP contribution >= 0.6 is 11.6 Å². The number of nitrogens with zero attached hydrogens (tertiary/aromatic N) is 2. The first kappa shape index (κ1) is 19.8. The molecule has 0 bridgehead atoms. The van der Waals surface area contributed by atoms with Crippen LogP contribution in [0.2, 0.25) is 5.02 Å². The molecule has 3 rings (SSSR count). The predicted molar refractivity (Wildman–Crippen MR) is 106 cm³/mol. The minimum absolute atomic E-state index is 0.0556. The molecular formula is C20H22ClN3O2S. The summed E-state index contributed by atoms with van der Waals surface area (Å²) in [4.78, 5) is 2.47. The van der Waals surface area contributed by atoms with E-state index >= 15 is 0 Å². The standard InChI is InChI=1S/C20H22ClN3O2S/c21-20-12-19(9-8-16(20)13-22)27(25,26)23-14-17-6-2-3-7-18(17)15-24-10-4-1-5-11-24/h2-3,6-9,12,23H,1,4-5,10-11,14-15H2. The molecular weight excluding hydrogens is 382 g/mol. The average Bonchev–Trinajstić information content (AvgIpc) is 2.68. The van der Waals surface area contributed by atoms with E-state index in [0.717, 1.165) is 30.8 Å². The van der Waals surface area contributed by atoms with Gasteiger partial charge in [0.25, 0.3) is 0 Å². The van der Waals surface area contributed by atoms with Crippen LogP contribution in [0, 0.1) is 11.3 Å². The lowest BCUT2D eigenvalue weighted by molar-refractivity contribution is 0.220. The monoisotopic (exact) mass is 403 g/mol. The van der Waals surface area contributed by atoms with Crippen LogP contribution in [0.1, 0.15) is 36.0 Å². The van der Waals surface area contributed by atoms with Gasteiger partial charge in [0.1, 0.15) is 6.07 Å². The Morgan fingerprint density at radius 1 is 1.07 bits per heavy atom. The molecule has 0 aromatic heterocycles. The molecule has 0 atom stereocenters. The van der Waals surface area contributed by atoms with E-state index in [1.165, 1.54) is 37.5 Å². The Morgan fingerprint density at radius 2 is 1.78 bits per heavy atom. The van der Waals surface area contributed by atoms with Crippen molar-refractivity contribution in [2.75, 3.05) is 13.1 Å².